The number of aliphatic hydroxyl groups is 1. The third kappa shape index (κ3) is 3.56. The quantitative estimate of drug-likeness (QED) is 0.791. The van der Waals surface area contributed by atoms with Crippen molar-refractivity contribution < 1.29 is 19.4 Å². The minimum absolute atomic E-state index is 0.0250. The molecule has 2 fully saturated rings. The monoisotopic (exact) mass is 360 g/mol. The SMILES string of the molecule is CC(C)(C)c1ccccc1OC[C@H](O)CN1C(=O)NC2(CCCC2)C1=O. The molecule has 142 valence electrons. The molecule has 0 radical (unpaired) electrons. The summed E-state index contributed by atoms with van der Waals surface area (Å²) in [4.78, 5) is 25.9. The number of nitrogens with zero attached hydrogens (tertiary/aromatic N) is 1. The Hall–Kier alpha value is -2.08. The summed E-state index contributed by atoms with van der Waals surface area (Å²) in [5, 5.41) is 13.2. The summed E-state index contributed by atoms with van der Waals surface area (Å²) < 4.78 is 5.80. The van der Waals surface area contributed by atoms with Crippen molar-refractivity contribution in [3.05, 3.63) is 29.8 Å². The number of imide groups is 1. The van der Waals surface area contributed by atoms with Gasteiger partial charge >= 0.3 is 6.03 Å². The standard InChI is InChI=1S/C20H28N2O4/c1-19(2,3)15-8-4-5-9-16(15)26-13-14(23)12-22-17(24)20(21-18(22)25)10-6-7-11-20/h4-5,8-9,14,23H,6-7,10-13H2,1-3H3,(H,21,25)/t14-/m1/s1. The Morgan fingerprint density at radius 1 is 1.23 bits per heavy atom. The molecule has 1 heterocycles. The highest BCUT2D eigenvalue weighted by atomic mass is 16.5. The van der Waals surface area contributed by atoms with E-state index in [0.29, 0.717) is 18.6 Å². The van der Waals surface area contributed by atoms with Gasteiger partial charge in [-0.25, -0.2) is 4.79 Å². The average molecular weight is 360 g/mol. The van der Waals surface area contributed by atoms with E-state index in [1.54, 1.807) is 0 Å². The Morgan fingerprint density at radius 2 is 1.88 bits per heavy atom. The number of urea groups is 1. The Bertz CT molecular complexity index is 689. The van der Waals surface area contributed by atoms with Gasteiger partial charge in [-0.05, 0) is 29.9 Å². The zero-order valence-corrected chi connectivity index (χ0v) is 15.7. The van der Waals surface area contributed by atoms with Crippen LogP contribution in [-0.4, -0.2) is 46.7 Å². The lowest BCUT2D eigenvalue weighted by Crippen LogP contribution is -2.45. The number of para-hydroxylation sites is 1. The second-order valence-corrected chi connectivity index (χ2v) is 8.35. The number of carbonyl (C=O) groups is 2. The fraction of sp³-hybridized carbons (Fsp3) is 0.600. The Balaban J connectivity index is 1.61. The molecule has 6 nitrogen and oxygen atoms in total. The van der Waals surface area contributed by atoms with Crippen LogP contribution in [-0.2, 0) is 10.2 Å². The van der Waals surface area contributed by atoms with Gasteiger partial charge in [0.25, 0.3) is 5.91 Å². The van der Waals surface area contributed by atoms with Crippen LogP contribution < -0.4 is 10.1 Å². The van der Waals surface area contributed by atoms with Crippen molar-refractivity contribution in [2.24, 2.45) is 0 Å². The molecule has 1 aliphatic carbocycles. The fourth-order valence-electron chi connectivity index (χ4n) is 3.82. The molecule has 26 heavy (non-hydrogen) atoms. The van der Waals surface area contributed by atoms with Crippen molar-refractivity contribution in [3.8, 4) is 5.75 Å². The number of hydrogen-bond acceptors (Lipinski definition) is 4. The van der Waals surface area contributed by atoms with Crippen LogP contribution in [0, 0.1) is 0 Å². The molecule has 6 heteroatoms. The number of benzene rings is 1. The Morgan fingerprint density at radius 3 is 2.54 bits per heavy atom. The predicted octanol–water partition coefficient (Wildman–Crippen LogP) is 2.59. The van der Waals surface area contributed by atoms with Crippen LogP contribution in [0.1, 0.15) is 52.0 Å². The molecule has 3 rings (SSSR count). The molecule has 1 aliphatic heterocycles. The molecule has 1 spiro atoms. The number of β-amino-alcohol motifs (C(OH)–C–C–N with tert-alkyl or cyclic N) is 1. The first-order valence-corrected chi connectivity index (χ1v) is 9.27. The molecule has 0 bridgehead atoms. The largest absolute Gasteiger partial charge is 0.491 e. The van der Waals surface area contributed by atoms with Gasteiger partial charge in [-0.2, -0.15) is 0 Å². The van der Waals surface area contributed by atoms with Gasteiger partial charge in [0.2, 0.25) is 0 Å². The fourth-order valence-corrected chi connectivity index (χ4v) is 3.82. The van der Waals surface area contributed by atoms with Gasteiger partial charge in [0.05, 0.1) is 6.54 Å². The van der Waals surface area contributed by atoms with Crippen LogP contribution >= 0.6 is 0 Å². The van der Waals surface area contributed by atoms with E-state index in [1.807, 2.05) is 24.3 Å². The van der Waals surface area contributed by atoms with Crippen molar-refractivity contribution >= 4 is 11.9 Å². The van der Waals surface area contributed by atoms with E-state index in [-0.39, 0.29) is 24.5 Å². The maximum atomic E-state index is 12.6. The zero-order valence-electron chi connectivity index (χ0n) is 15.7. The number of hydrogen-bond donors (Lipinski definition) is 2. The topological polar surface area (TPSA) is 78.9 Å². The van der Waals surface area contributed by atoms with Gasteiger partial charge < -0.3 is 15.2 Å². The summed E-state index contributed by atoms with van der Waals surface area (Å²) in [5.74, 6) is 0.498. The average Bonchev–Trinajstić information content (AvgIpc) is 3.13. The number of carbonyl (C=O) groups excluding carboxylic acids is 2. The van der Waals surface area contributed by atoms with Crippen LogP contribution in [0.5, 0.6) is 5.75 Å². The van der Waals surface area contributed by atoms with Gasteiger partial charge in [-0.1, -0.05) is 51.8 Å². The van der Waals surface area contributed by atoms with Gasteiger partial charge in [-0.3, -0.25) is 9.69 Å². The van der Waals surface area contributed by atoms with Crippen LogP contribution in [0.2, 0.25) is 0 Å². The minimum Gasteiger partial charge on any atom is -0.491 e. The van der Waals surface area contributed by atoms with Gasteiger partial charge in [0, 0.05) is 0 Å². The van der Waals surface area contributed by atoms with E-state index in [0.717, 1.165) is 23.3 Å². The lowest BCUT2D eigenvalue weighted by molar-refractivity contribution is -0.132. The van der Waals surface area contributed by atoms with Crippen LogP contribution in [0.3, 0.4) is 0 Å². The first kappa shape index (κ1) is 18.7. The molecule has 2 N–H and O–H groups in total. The first-order valence-electron chi connectivity index (χ1n) is 9.27. The van der Waals surface area contributed by atoms with E-state index in [9.17, 15) is 14.7 Å². The third-order valence-corrected chi connectivity index (χ3v) is 5.22. The molecule has 0 aromatic heterocycles. The second kappa shape index (κ2) is 6.91. The van der Waals surface area contributed by atoms with Crippen molar-refractivity contribution in [3.63, 3.8) is 0 Å². The normalized spacial score (nSPS) is 20.5. The highest BCUT2D eigenvalue weighted by Crippen LogP contribution is 2.35. The molecule has 3 amide bonds. The molecule has 1 saturated carbocycles. The summed E-state index contributed by atoms with van der Waals surface area (Å²) in [5.41, 5.74) is 0.227. The number of nitrogens with one attached hydrogen (secondary N) is 1. The lowest BCUT2D eigenvalue weighted by Gasteiger charge is -2.24. The molecule has 1 atom stereocenters. The van der Waals surface area contributed by atoms with Gasteiger partial charge in [-0.15, -0.1) is 0 Å². The summed E-state index contributed by atoms with van der Waals surface area (Å²) >= 11 is 0. The van der Waals surface area contributed by atoms with Gasteiger partial charge in [0.1, 0.15) is 24.0 Å². The maximum absolute atomic E-state index is 12.6. The minimum atomic E-state index is -0.936. The Labute approximate surface area is 154 Å². The highest BCUT2D eigenvalue weighted by Gasteiger charge is 2.52. The molecule has 0 unspecified atom stereocenters. The van der Waals surface area contributed by atoms with Crippen molar-refractivity contribution in [1.82, 2.24) is 10.2 Å². The molecule has 1 aromatic rings. The number of aliphatic hydroxyl groups excluding tert-OH is 1. The van der Waals surface area contributed by atoms with Crippen LogP contribution in [0.25, 0.3) is 0 Å². The van der Waals surface area contributed by atoms with Crippen LogP contribution in [0.15, 0.2) is 24.3 Å². The first-order chi connectivity index (χ1) is 12.2. The molecular formula is C20H28N2O4. The highest BCUT2D eigenvalue weighted by molar-refractivity contribution is 6.07. The Kier molecular flexibility index (Phi) is 4.97. The van der Waals surface area contributed by atoms with Gasteiger partial charge in [0.15, 0.2) is 0 Å². The van der Waals surface area contributed by atoms with E-state index >= 15 is 0 Å². The smallest absolute Gasteiger partial charge is 0.325 e. The molecule has 1 saturated heterocycles. The zero-order chi connectivity index (χ0) is 18.9. The van der Waals surface area contributed by atoms with Crippen molar-refractivity contribution in [2.75, 3.05) is 13.2 Å². The summed E-state index contributed by atoms with van der Waals surface area (Å²) in [6.07, 6.45) is 2.30. The second-order valence-electron chi connectivity index (χ2n) is 8.35. The number of amides is 3. The number of rotatable bonds is 5. The van der Waals surface area contributed by atoms with E-state index < -0.39 is 17.7 Å². The molecule has 1 aromatic carbocycles. The van der Waals surface area contributed by atoms with Crippen LogP contribution in [0.4, 0.5) is 4.79 Å². The maximum Gasteiger partial charge on any atom is 0.325 e. The predicted molar refractivity (Wildman–Crippen MR) is 98.1 cm³/mol. The van der Waals surface area contributed by atoms with Crippen molar-refractivity contribution in [1.29, 1.82) is 0 Å². The van der Waals surface area contributed by atoms with Crippen molar-refractivity contribution in [2.45, 2.75) is 63.5 Å². The van der Waals surface area contributed by atoms with E-state index in [1.165, 1.54) is 0 Å². The van der Waals surface area contributed by atoms with E-state index in [2.05, 4.69) is 26.1 Å². The molecule has 2 aliphatic rings. The molecular weight excluding hydrogens is 332 g/mol. The lowest BCUT2D eigenvalue weighted by atomic mass is 9.86. The summed E-state index contributed by atoms with van der Waals surface area (Å²) in [7, 11) is 0. The number of ether oxygens (including phenoxy) is 1. The summed E-state index contributed by atoms with van der Waals surface area (Å²) in [6, 6.07) is 7.31. The van der Waals surface area contributed by atoms with E-state index in [4.69, 9.17) is 4.74 Å². The summed E-state index contributed by atoms with van der Waals surface area (Å²) in [6.45, 7) is 6.26. The third-order valence-electron chi connectivity index (χ3n) is 5.22.